The first-order valence-corrected chi connectivity index (χ1v) is 26.2. The van der Waals surface area contributed by atoms with Gasteiger partial charge in [-0.1, -0.05) is 204 Å². The van der Waals surface area contributed by atoms with E-state index < -0.39 is 57.9 Å². The van der Waals surface area contributed by atoms with E-state index in [1.54, 1.807) is 6.08 Å². The van der Waals surface area contributed by atoms with Crippen molar-refractivity contribution >= 4 is 19.8 Å². The summed E-state index contributed by atoms with van der Waals surface area (Å²) in [6.07, 6.45) is 47.2. The van der Waals surface area contributed by atoms with Gasteiger partial charge in [-0.3, -0.25) is 18.6 Å². The molecule has 0 aliphatic carbocycles. The Kier molecular flexibility index (Phi) is 43.1. The Morgan fingerprint density at radius 2 is 1.05 bits per heavy atom. The number of esters is 2. The summed E-state index contributed by atoms with van der Waals surface area (Å²) in [4.78, 5) is 35.1. The molecule has 0 aliphatic heterocycles. The molecular formula is C51H91O11P. The van der Waals surface area contributed by atoms with Crippen LogP contribution in [-0.2, 0) is 32.7 Å². The van der Waals surface area contributed by atoms with Crippen molar-refractivity contribution in [3.8, 4) is 0 Å². The highest BCUT2D eigenvalue weighted by Gasteiger charge is 2.27. The highest BCUT2D eigenvalue weighted by molar-refractivity contribution is 7.47. The average Bonchev–Trinajstić information content (AvgIpc) is 3.27. The largest absolute Gasteiger partial charge is 0.472 e. The van der Waals surface area contributed by atoms with Gasteiger partial charge in [-0.2, -0.15) is 0 Å². The van der Waals surface area contributed by atoms with Crippen LogP contribution in [0.15, 0.2) is 60.8 Å². The normalized spacial score (nSPS) is 15.2. The number of ether oxygens (including phenoxy) is 2. The summed E-state index contributed by atoms with van der Waals surface area (Å²) in [6, 6.07) is 0. The van der Waals surface area contributed by atoms with E-state index in [2.05, 4.69) is 38.2 Å². The molecule has 11 nitrogen and oxygen atoms in total. The lowest BCUT2D eigenvalue weighted by Crippen LogP contribution is -2.29. The summed E-state index contributed by atoms with van der Waals surface area (Å²) < 4.78 is 32.7. The minimum Gasteiger partial charge on any atom is -0.462 e. The Morgan fingerprint density at radius 1 is 0.571 bits per heavy atom. The molecule has 0 spiro atoms. The molecule has 2 unspecified atom stereocenters. The van der Waals surface area contributed by atoms with Gasteiger partial charge in [-0.25, -0.2) is 4.57 Å². The number of aliphatic hydroxyl groups is 3. The van der Waals surface area contributed by atoms with Crippen LogP contribution in [0.5, 0.6) is 0 Å². The predicted octanol–water partition coefficient (Wildman–Crippen LogP) is 12.7. The van der Waals surface area contributed by atoms with Gasteiger partial charge in [0.1, 0.15) is 12.7 Å². The summed E-state index contributed by atoms with van der Waals surface area (Å²) in [5, 5.41) is 27.9. The number of unbranched alkanes of at least 4 members (excludes halogenated alkanes) is 18. The maximum Gasteiger partial charge on any atom is 0.472 e. The van der Waals surface area contributed by atoms with Gasteiger partial charge in [-0.15, -0.1) is 0 Å². The fraction of sp³-hybridized carbons (Fsp3) is 0.765. The summed E-state index contributed by atoms with van der Waals surface area (Å²) in [6.45, 7) is 4.38. The van der Waals surface area contributed by atoms with Crippen LogP contribution < -0.4 is 0 Å². The fourth-order valence-electron chi connectivity index (χ4n) is 6.55. The molecule has 0 heterocycles. The molecule has 0 aromatic rings. The van der Waals surface area contributed by atoms with E-state index in [4.69, 9.17) is 23.6 Å². The Balaban J connectivity index is 4.27. The monoisotopic (exact) mass is 911 g/mol. The number of allylic oxidation sites excluding steroid dienone is 9. The van der Waals surface area contributed by atoms with Crippen LogP contribution in [0.1, 0.15) is 201 Å². The van der Waals surface area contributed by atoms with Crippen molar-refractivity contribution in [1.29, 1.82) is 0 Å². The Morgan fingerprint density at radius 3 is 1.57 bits per heavy atom. The molecule has 0 radical (unpaired) electrons. The topological polar surface area (TPSA) is 169 Å². The second kappa shape index (κ2) is 44.8. The highest BCUT2D eigenvalue weighted by atomic mass is 31.2. The van der Waals surface area contributed by atoms with Gasteiger partial charge in [0.15, 0.2) is 6.10 Å². The van der Waals surface area contributed by atoms with Gasteiger partial charge in [-0.05, 0) is 50.9 Å². The van der Waals surface area contributed by atoms with Crippen molar-refractivity contribution in [2.24, 2.45) is 5.92 Å². The highest BCUT2D eigenvalue weighted by Crippen LogP contribution is 2.43. The number of hydrogen-bond donors (Lipinski definition) is 4. The maximum atomic E-state index is 12.6. The first-order valence-electron chi connectivity index (χ1n) is 24.7. The zero-order valence-corrected chi connectivity index (χ0v) is 40.7. The number of carbonyl (C=O) groups excluding carboxylic acids is 2. The molecule has 12 heteroatoms. The van der Waals surface area contributed by atoms with E-state index in [9.17, 15) is 29.3 Å². The number of rotatable bonds is 45. The van der Waals surface area contributed by atoms with E-state index in [-0.39, 0.29) is 19.4 Å². The Bertz CT molecular complexity index is 1260. The molecule has 0 rings (SSSR count). The minimum absolute atomic E-state index is 0.0911. The number of phosphoric ester groups is 1. The molecule has 0 aromatic heterocycles. The molecule has 366 valence electrons. The summed E-state index contributed by atoms with van der Waals surface area (Å²) in [5.41, 5.74) is 0. The molecular weight excluding hydrogens is 820 g/mol. The Labute approximate surface area is 383 Å². The Hall–Kier alpha value is -2.37. The van der Waals surface area contributed by atoms with Crippen LogP contribution in [0.4, 0.5) is 0 Å². The van der Waals surface area contributed by atoms with Gasteiger partial charge in [0.05, 0.1) is 25.9 Å². The molecule has 63 heavy (non-hydrogen) atoms. The van der Waals surface area contributed by atoms with Crippen molar-refractivity contribution in [2.75, 3.05) is 26.4 Å². The van der Waals surface area contributed by atoms with Crippen molar-refractivity contribution in [3.63, 3.8) is 0 Å². The summed E-state index contributed by atoms with van der Waals surface area (Å²) >= 11 is 0. The molecule has 5 atom stereocenters. The zero-order valence-electron chi connectivity index (χ0n) is 39.8. The molecule has 0 aromatic carbocycles. The van der Waals surface area contributed by atoms with Gasteiger partial charge < -0.3 is 29.7 Å². The molecule has 0 saturated heterocycles. The van der Waals surface area contributed by atoms with Crippen molar-refractivity contribution < 1.29 is 52.9 Å². The quantitative estimate of drug-likeness (QED) is 0.0151. The standard InChI is InChI=1S/C51H91O11P/c1-4-46(3)38-34-30-26-22-18-14-10-8-6-7-9-11-16-20-24-28-32-36-40-50(55)59-44-49(45-61-63(57,58)60-43-48(54)42-52)62-51(56)41-37-33-29-25-21-17-13-12-15-19-23-27-31-35-39-47(53)5-2/h13,15,17,19,25,27,29,31,35,39,46-49,52-54H,4-12,14,16,18,20-24,26,28,30,32-34,36-38,40-45H2,1-3H3,(H,57,58)/b17-13-,19-15-,29-25-,31-27-,39-35+/t46?,47-,48+,49-/m1/s1. The van der Waals surface area contributed by atoms with E-state index in [1.165, 1.54) is 103 Å². The lowest BCUT2D eigenvalue weighted by atomic mass is 9.99. The number of aliphatic hydroxyl groups excluding tert-OH is 3. The fourth-order valence-corrected chi connectivity index (χ4v) is 7.34. The summed E-state index contributed by atoms with van der Waals surface area (Å²) in [7, 11) is -4.65. The first kappa shape index (κ1) is 60.6. The third-order valence-corrected chi connectivity index (χ3v) is 11.8. The van der Waals surface area contributed by atoms with E-state index in [1.807, 2.05) is 37.3 Å². The van der Waals surface area contributed by atoms with Crippen LogP contribution in [0.25, 0.3) is 0 Å². The minimum atomic E-state index is -4.65. The smallest absolute Gasteiger partial charge is 0.462 e. The van der Waals surface area contributed by atoms with Crippen LogP contribution in [0.2, 0.25) is 0 Å². The third-order valence-electron chi connectivity index (χ3n) is 10.9. The van der Waals surface area contributed by atoms with Gasteiger partial charge >= 0.3 is 19.8 Å². The number of phosphoric acid groups is 1. The average molecular weight is 911 g/mol. The van der Waals surface area contributed by atoms with Gasteiger partial charge in [0.2, 0.25) is 0 Å². The first-order chi connectivity index (χ1) is 30.5. The van der Waals surface area contributed by atoms with Crippen LogP contribution >= 0.6 is 7.82 Å². The van der Waals surface area contributed by atoms with E-state index in [0.717, 1.165) is 44.4 Å². The predicted molar refractivity (Wildman–Crippen MR) is 257 cm³/mol. The lowest BCUT2D eigenvalue weighted by molar-refractivity contribution is -0.161. The van der Waals surface area contributed by atoms with E-state index in [0.29, 0.717) is 25.7 Å². The van der Waals surface area contributed by atoms with Crippen molar-refractivity contribution in [3.05, 3.63) is 60.8 Å². The molecule has 0 bridgehead atoms. The number of hydrogen-bond acceptors (Lipinski definition) is 10. The van der Waals surface area contributed by atoms with Gasteiger partial charge in [0.25, 0.3) is 0 Å². The van der Waals surface area contributed by atoms with Crippen molar-refractivity contribution in [1.82, 2.24) is 0 Å². The van der Waals surface area contributed by atoms with Gasteiger partial charge in [0, 0.05) is 12.8 Å². The molecule has 0 fully saturated rings. The second-order valence-corrected chi connectivity index (χ2v) is 18.4. The number of carbonyl (C=O) groups is 2. The zero-order chi connectivity index (χ0) is 46.5. The lowest BCUT2D eigenvalue weighted by Gasteiger charge is -2.20. The van der Waals surface area contributed by atoms with Crippen LogP contribution in [0.3, 0.4) is 0 Å². The second-order valence-electron chi connectivity index (χ2n) is 16.9. The molecule has 4 N–H and O–H groups in total. The third kappa shape index (κ3) is 44.6. The molecule has 0 saturated carbocycles. The summed E-state index contributed by atoms with van der Waals surface area (Å²) in [5.74, 6) is -0.119. The maximum absolute atomic E-state index is 12.6. The molecule has 0 aliphatic rings. The van der Waals surface area contributed by atoms with Crippen LogP contribution in [0, 0.1) is 5.92 Å². The van der Waals surface area contributed by atoms with E-state index >= 15 is 0 Å². The SMILES string of the molecule is CCC(C)CCCCCCCCCCCCCCCCCCCCC(=O)OC[C@H](COP(=O)(O)OC[C@@H](O)CO)OC(=O)CCC/C=C\C/C=C\C/C=C\C/C=C\C=C\[C@H](O)CC. The van der Waals surface area contributed by atoms with Crippen molar-refractivity contribution in [2.45, 2.75) is 219 Å². The van der Waals surface area contributed by atoms with Crippen LogP contribution in [-0.4, -0.2) is 76.9 Å². The molecule has 0 amide bonds.